The van der Waals surface area contributed by atoms with Crippen LogP contribution < -0.4 is 5.73 Å². The Bertz CT molecular complexity index is 579. The summed E-state index contributed by atoms with van der Waals surface area (Å²) in [6.07, 6.45) is 0. The SMILES string of the molecule is Cc1cccc(C(N)c2ccc(C)c(F)c2F)c1. The Hall–Kier alpha value is -1.74. The average Bonchev–Trinajstić information content (AvgIpc) is 2.35. The number of benzene rings is 2. The Morgan fingerprint density at radius 2 is 1.72 bits per heavy atom. The molecule has 0 heterocycles. The van der Waals surface area contributed by atoms with Crippen molar-refractivity contribution in [2.45, 2.75) is 19.9 Å². The summed E-state index contributed by atoms with van der Waals surface area (Å²) in [5.74, 6) is -1.68. The van der Waals surface area contributed by atoms with Crippen LogP contribution in [0.1, 0.15) is 28.3 Å². The third-order valence-electron chi connectivity index (χ3n) is 3.04. The van der Waals surface area contributed by atoms with Gasteiger partial charge in [0.1, 0.15) is 0 Å². The molecule has 0 aliphatic carbocycles. The van der Waals surface area contributed by atoms with Gasteiger partial charge in [0.15, 0.2) is 11.6 Å². The summed E-state index contributed by atoms with van der Waals surface area (Å²) in [5.41, 5.74) is 8.28. The summed E-state index contributed by atoms with van der Waals surface area (Å²) >= 11 is 0. The normalized spacial score (nSPS) is 12.5. The average molecular weight is 247 g/mol. The zero-order chi connectivity index (χ0) is 13.3. The topological polar surface area (TPSA) is 26.0 Å². The molecule has 1 atom stereocenters. The number of halogens is 2. The van der Waals surface area contributed by atoms with E-state index >= 15 is 0 Å². The molecule has 1 unspecified atom stereocenters. The van der Waals surface area contributed by atoms with Gasteiger partial charge in [0.2, 0.25) is 0 Å². The van der Waals surface area contributed by atoms with E-state index < -0.39 is 17.7 Å². The number of hydrogen-bond donors (Lipinski definition) is 1. The highest BCUT2D eigenvalue weighted by molar-refractivity contribution is 5.36. The van der Waals surface area contributed by atoms with E-state index in [0.29, 0.717) is 0 Å². The second-order valence-electron chi connectivity index (χ2n) is 4.49. The quantitative estimate of drug-likeness (QED) is 0.861. The highest BCUT2D eigenvalue weighted by atomic mass is 19.2. The summed E-state index contributed by atoms with van der Waals surface area (Å²) < 4.78 is 27.4. The monoisotopic (exact) mass is 247 g/mol. The Morgan fingerprint density at radius 3 is 2.39 bits per heavy atom. The molecule has 1 nitrogen and oxygen atoms in total. The highest BCUT2D eigenvalue weighted by Gasteiger charge is 2.17. The first kappa shape index (κ1) is 12.7. The van der Waals surface area contributed by atoms with E-state index in [1.807, 2.05) is 31.2 Å². The molecule has 0 saturated heterocycles. The molecule has 0 spiro atoms. The minimum Gasteiger partial charge on any atom is -0.320 e. The second-order valence-corrected chi connectivity index (χ2v) is 4.49. The Labute approximate surface area is 105 Å². The van der Waals surface area contributed by atoms with Gasteiger partial charge in [-0.3, -0.25) is 0 Å². The lowest BCUT2D eigenvalue weighted by molar-refractivity contribution is 0.489. The molecule has 0 amide bonds. The van der Waals surface area contributed by atoms with Crippen molar-refractivity contribution in [1.29, 1.82) is 0 Å². The first-order valence-electron chi connectivity index (χ1n) is 5.77. The van der Waals surface area contributed by atoms with Crippen LogP contribution in [0.4, 0.5) is 8.78 Å². The van der Waals surface area contributed by atoms with Gasteiger partial charge < -0.3 is 5.73 Å². The molecule has 2 rings (SSSR count). The zero-order valence-corrected chi connectivity index (χ0v) is 10.4. The van der Waals surface area contributed by atoms with E-state index in [0.717, 1.165) is 11.1 Å². The Morgan fingerprint density at radius 1 is 1.00 bits per heavy atom. The van der Waals surface area contributed by atoms with Crippen molar-refractivity contribution >= 4 is 0 Å². The van der Waals surface area contributed by atoms with Crippen LogP contribution >= 0.6 is 0 Å². The fourth-order valence-corrected chi connectivity index (χ4v) is 1.94. The summed E-state index contributed by atoms with van der Waals surface area (Å²) in [7, 11) is 0. The Kier molecular flexibility index (Phi) is 3.43. The fourth-order valence-electron chi connectivity index (χ4n) is 1.94. The predicted molar refractivity (Wildman–Crippen MR) is 68.3 cm³/mol. The van der Waals surface area contributed by atoms with Crippen LogP contribution in [0.3, 0.4) is 0 Å². The number of hydrogen-bond acceptors (Lipinski definition) is 1. The second kappa shape index (κ2) is 4.86. The third-order valence-corrected chi connectivity index (χ3v) is 3.04. The van der Waals surface area contributed by atoms with Gasteiger partial charge in [0.25, 0.3) is 0 Å². The molecule has 0 aromatic heterocycles. The highest BCUT2D eigenvalue weighted by Crippen LogP contribution is 2.25. The molecule has 0 radical (unpaired) electrons. The van der Waals surface area contributed by atoms with Gasteiger partial charge in [-0.25, -0.2) is 8.78 Å². The zero-order valence-electron chi connectivity index (χ0n) is 10.4. The maximum absolute atomic E-state index is 13.8. The molecule has 2 N–H and O–H groups in total. The van der Waals surface area contributed by atoms with E-state index in [-0.39, 0.29) is 11.1 Å². The van der Waals surface area contributed by atoms with Gasteiger partial charge >= 0.3 is 0 Å². The molecule has 94 valence electrons. The maximum Gasteiger partial charge on any atom is 0.164 e. The van der Waals surface area contributed by atoms with Gasteiger partial charge in [-0.15, -0.1) is 0 Å². The smallest absolute Gasteiger partial charge is 0.164 e. The Balaban J connectivity index is 2.46. The minimum atomic E-state index is -0.857. The lowest BCUT2D eigenvalue weighted by atomic mass is 9.96. The molecule has 0 fully saturated rings. The lowest BCUT2D eigenvalue weighted by Gasteiger charge is -2.15. The molecule has 0 aliphatic heterocycles. The third kappa shape index (κ3) is 2.27. The van der Waals surface area contributed by atoms with Crippen molar-refractivity contribution in [3.63, 3.8) is 0 Å². The predicted octanol–water partition coefficient (Wildman–Crippen LogP) is 3.63. The van der Waals surface area contributed by atoms with Gasteiger partial charge in [-0.2, -0.15) is 0 Å². The van der Waals surface area contributed by atoms with Crippen LogP contribution in [0.5, 0.6) is 0 Å². The molecule has 2 aromatic carbocycles. The first-order chi connectivity index (χ1) is 8.50. The molecular formula is C15H15F2N. The van der Waals surface area contributed by atoms with Crippen molar-refractivity contribution in [3.8, 4) is 0 Å². The number of rotatable bonds is 2. The standard InChI is InChI=1S/C15H15F2N/c1-9-4-3-5-11(8-9)15(18)12-7-6-10(2)13(16)14(12)17/h3-8,15H,18H2,1-2H3. The van der Waals surface area contributed by atoms with Crippen molar-refractivity contribution in [1.82, 2.24) is 0 Å². The summed E-state index contributed by atoms with van der Waals surface area (Å²) in [6.45, 7) is 3.46. The molecule has 0 bridgehead atoms. The van der Waals surface area contributed by atoms with E-state index in [2.05, 4.69) is 0 Å². The van der Waals surface area contributed by atoms with Crippen LogP contribution in [0.15, 0.2) is 36.4 Å². The molecule has 3 heteroatoms. The molecule has 0 aliphatic rings. The molecule has 0 saturated carbocycles. The van der Waals surface area contributed by atoms with Crippen molar-refractivity contribution in [3.05, 3.63) is 70.3 Å². The largest absolute Gasteiger partial charge is 0.320 e. The molecular weight excluding hydrogens is 232 g/mol. The molecule has 18 heavy (non-hydrogen) atoms. The first-order valence-corrected chi connectivity index (χ1v) is 5.77. The van der Waals surface area contributed by atoms with E-state index in [4.69, 9.17) is 5.73 Å². The summed E-state index contributed by atoms with van der Waals surface area (Å²) in [6, 6.07) is 9.91. The maximum atomic E-state index is 13.8. The van der Waals surface area contributed by atoms with Crippen LogP contribution in [-0.4, -0.2) is 0 Å². The van der Waals surface area contributed by atoms with E-state index in [1.165, 1.54) is 6.92 Å². The number of nitrogens with two attached hydrogens (primary N) is 1. The van der Waals surface area contributed by atoms with E-state index in [9.17, 15) is 8.78 Å². The fraction of sp³-hybridized carbons (Fsp3) is 0.200. The van der Waals surface area contributed by atoms with Crippen LogP contribution in [0, 0.1) is 25.5 Å². The van der Waals surface area contributed by atoms with Crippen molar-refractivity contribution in [2.24, 2.45) is 5.73 Å². The number of aryl methyl sites for hydroxylation is 2. The summed E-state index contributed by atoms with van der Waals surface area (Å²) in [4.78, 5) is 0. The van der Waals surface area contributed by atoms with Crippen molar-refractivity contribution < 1.29 is 8.78 Å². The minimum absolute atomic E-state index is 0.184. The van der Waals surface area contributed by atoms with Gasteiger partial charge in [-0.05, 0) is 25.0 Å². The van der Waals surface area contributed by atoms with Gasteiger partial charge in [0, 0.05) is 5.56 Å². The van der Waals surface area contributed by atoms with Crippen LogP contribution in [-0.2, 0) is 0 Å². The van der Waals surface area contributed by atoms with Crippen LogP contribution in [0.25, 0.3) is 0 Å². The van der Waals surface area contributed by atoms with Gasteiger partial charge in [-0.1, -0.05) is 42.0 Å². The molecule has 2 aromatic rings. The lowest BCUT2D eigenvalue weighted by Crippen LogP contribution is -2.15. The van der Waals surface area contributed by atoms with E-state index in [1.54, 1.807) is 12.1 Å². The summed E-state index contributed by atoms with van der Waals surface area (Å²) in [5, 5.41) is 0. The van der Waals surface area contributed by atoms with Gasteiger partial charge in [0.05, 0.1) is 6.04 Å². The van der Waals surface area contributed by atoms with Crippen LogP contribution in [0.2, 0.25) is 0 Å². The van der Waals surface area contributed by atoms with Crippen molar-refractivity contribution in [2.75, 3.05) is 0 Å².